The van der Waals surface area contributed by atoms with Crippen LogP contribution >= 0.6 is 0 Å². The average molecular weight is 585 g/mol. The van der Waals surface area contributed by atoms with E-state index >= 15 is 0 Å². The van der Waals surface area contributed by atoms with Crippen molar-refractivity contribution in [3.63, 3.8) is 0 Å². The first-order valence-electron chi connectivity index (χ1n) is 14.4. The molecule has 4 N–H and O–H groups in total. The molecule has 0 radical (unpaired) electrons. The number of ether oxygens (including phenoxy) is 1. The maximum atomic E-state index is 13.2. The summed E-state index contributed by atoms with van der Waals surface area (Å²) < 4.78 is 5.41. The van der Waals surface area contributed by atoms with Crippen LogP contribution in [0.5, 0.6) is 0 Å². The van der Waals surface area contributed by atoms with Crippen molar-refractivity contribution in [1.82, 2.24) is 10.4 Å². The summed E-state index contributed by atoms with van der Waals surface area (Å²) in [6, 6.07) is 19.5. The van der Waals surface area contributed by atoms with Crippen molar-refractivity contribution in [2.45, 2.75) is 32.3 Å². The molecule has 3 aromatic rings. The van der Waals surface area contributed by atoms with Gasteiger partial charge in [0.15, 0.2) is 0 Å². The Labute approximate surface area is 250 Å². The highest BCUT2D eigenvalue weighted by atomic mass is 16.6. The van der Waals surface area contributed by atoms with E-state index in [0.717, 1.165) is 44.5 Å². The number of carbonyl (C=O) groups excluding carboxylic acids is 2. The number of likely N-dealkylation sites (tertiary alicyclic amines) is 1. The monoisotopic (exact) mass is 584 g/mol. The third-order valence-electron chi connectivity index (χ3n) is 7.82. The summed E-state index contributed by atoms with van der Waals surface area (Å²) in [5, 5.41) is 15.7. The number of rotatable bonds is 11. The van der Waals surface area contributed by atoms with E-state index in [1.807, 2.05) is 30.3 Å². The fourth-order valence-corrected chi connectivity index (χ4v) is 5.44. The summed E-state index contributed by atoms with van der Waals surface area (Å²) in [7, 11) is 1.76. The fraction of sp³-hybridized carbons (Fsp3) is 0.303. The molecular weight excluding hydrogens is 548 g/mol. The summed E-state index contributed by atoms with van der Waals surface area (Å²) in [5.41, 5.74) is 7.11. The number of piperidine rings is 1. The van der Waals surface area contributed by atoms with Gasteiger partial charge in [0.05, 0.1) is 35.2 Å². The molecule has 0 saturated carbocycles. The van der Waals surface area contributed by atoms with E-state index in [9.17, 15) is 19.5 Å². The minimum Gasteiger partial charge on any atom is -0.478 e. The maximum absolute atomic E-state index is 13.2. The summed E-state index contributed by atoms with van der Waals surface area (Å²) in [6.07, 6.45) is 3.24. The van der Waals surface area contributed by atoms with E-state index in [1.165, 1.54) is 6.07 Å². The first kappa shape index (κ1) is 30.0. The largest absolute Gasteiger partial charge is 0.478 e. The molecule has 0 aliphatic carbocycles. The number of amides is 2. The molecule has 2 aliphatic heterocycles. The van der Waals surface area contributed by atoms with Crippen molar-refractivity contribution in [3.05, 3.63) is 94.5 Å². The molecule has 2 aliphatic rings. The number of methoxy groups -OCH3 is 1. The minimum absolute atomic E-state index is 0.134. The van der Waals surface area contributed by atoms with Crippen LogP contribution in [0, 0.1) is 6.92 Å². The average Bonchev–Trinajstić information content (AvgIpc) is 3.34. The van der Waals surface area contributed by atoms with Gasteiger partial charge in [0, 0.05) is 43.6 Å². The third kappa shape index (κ3) is 7.11. The highest BCUT2D eigenvalue weighted by molar-refractivity contribution is 6.37. The van der Waals surface area contributed by atoms with Crippen LogP contribution in [-0.4, -0.2) is 67.2 Å². The Morgan fingerprint density at radius 1 is 1.02 bits per heavy atom. The normalized spacial score (nSPS) is 16.4. The van der Waals surface area contributed by atoms with Crippen molar-refractivity contribution in [2.75, 3.05) is 44.0 Å². The topological polar surface area (TPSA) is 129 Å². The number of hydrogen-bond donors (Lipinski definition) is 4. The molecule has 5 rings (SSSR count). The number of carbonyl (C=O) groups is 3. The Balaban J connectivity index is 1.25. The summed E-state index contributed by atoms with van der Waals surface area (Å²) in [6.45, 7) is 5.06. The number of fused-ring (bicyclic) bond motifs is 1. The molecule has 224 valence electrons. The number of aromatic carboxylic acids is 1. The van der Waals surface area contributed by atoms with Crippen molar-refractivity contribution in [1.29, 1.82) is 0 Å². The maximum Gasteiger partial charge on any atom is 0.336 e. The molecule has 1 saturated heterocycles. The fourth-order valence-electron chi connectivity index (χ4n) is 5.44. The number of aryl methyl sites for hydroxylation is 1. The van der Waals surface area contributed by atoms with E-state index in [0.29, 0.717) is 52.0 Å². The molecule has 10 heteroatoms. The third-order valence-corrected chi connectivity index (χ3v) is 7.82. The molecular formula is C33H36N4O6. The molecule has 10 nitrogen and oxygen atoms in total. The Bertz CT molecular complexity index is 1510. The standard InChI is InChI=1S/C33H36N4O6/c1-21-19-27-28(20-26(21)33(40)41)35-32(39)29(27)30(22-7-4-3-5-8-22)34-24-11-9-23(10-12-24)31(38)36-43-18-6-15-37-16-13-25(42-2)14-17-37/h3-5,7-12,19-20,25,34H,6,13-18H2,1-2H3,(H,35,39)(H,36,38)(H,40,41)/b30-29-. The van der Waals surface area contributed by atoms with Gasteiger partial charge in [-0.25, -0.2) is 10.3 Å². The molecule has 1 fully saturated rings. The quantitative estimate of drug-likeness (QED) is 0.144. The van der Waals surface area contributed by atoms with Gasteiger partial charge in [0.25, 0.3) is 11.8 Å². The predicted molar refractivity (Wildman–Crippen MR) is 165 cm³/mol. The first-order valence-corrected chi connectivity index (χ1v) is 14.4. The Hall–Kier alpha value is -4.51. The van der Waals surface area contributed by atoms with E-state index in [4.69, 9.17) is 9.57 Å². The van der Waals surface area contributed by atoms with Gasteiger partial charge in [-0.15, -0.1) is 0 Å². The molecule has 43 heavy (non-hydrogen) atoms. The zero-order valence-electron chi connectivity index (χ0n) is 24.3. The van der Waals surface area contributed by atoms with Gasteiger partial charge < -0.3 is 25.4 Å². The second kappa shape index (κ2) is 13.6. The molecule has 0 spiro atoms. The summed E-state index contributed by atoms with van der Waals surface area (Å²) in [4.78, 5) is 45.3. The molecule has 0 bridgehead atoms. The van der Waals surface area contributed by atoms with E-state index in [-0.39, 0.29) is 17.4 Å². The number of carboxylic acids is 1. The Morgan fingerprint density at radius 3 is 2.42 bits per heavy atom. The number of hydrogen-bond acceptors (Lipinski definition) is 7. The molecule has 0 aromatic heterocycles. The molecule has 0 unspecified atom stereocenters. The first-order chi connectivity index (χ1) is 20.8. The Kier molecular flexibility index (Phi) is 9.51. The van der Waals surface area contributed by atoms with Crippen LogP contribution in [0.2, 0.25) is 0 Å². The lowest BCUT2D eigenvalue weighted by atomic mass is 9.96. The number of nitrogens with one attached hydrogen (secondary N) is 3. The van der Waals surface area contributed by atoms with E-state index in [2.05, 4.69) is 21.0 Å². The van der Waals surface area contributed by atoms with Crippen LogP contribution in [-0.2, 0) is 14.4 Å². The predicted octanol–water partition coefficient (Wildman–Crippen LogP) is 4.79. The smallest absolute Gasteiger partial charge is 0.336 e. The van der Waals surface area contributed by atoms with Crippen LogP contribution in [0.15, 0.2) is 66.7 Å². The molecule has 2 heterocycles. The number of nitrogens with zero attached hydrogens (tertiary/aromatic N) is 1. The van der Waals surface area contributed by atoms with Gasteiger partial charge in [-0.1, -0.05) is 30.3 Å². The zero-order chi connectivity index (χ0) is 30.3. The molecule has 2 amide bonds. The van der Waals surface area contributed by atoms with Gasteiger partial charge >= 0.3 is 5.97 Å². The second-order valence-electron chi connectivity index (χ2n) is 10.7. The highest BCUT2D eigenvalue weighted by Gasteiger charge is 2.30. The van der Waals surface area contributed by atoms with Crippen LogP contribution < -0.4 is 16.1 Å². The number of benzene rings is 3. The molecule has 0 atom stereocenters. The molecule has 3 aromatic carbocycles. The Morgan fingerprint density at radius 2 is 1.74 bits per heavy atom. The van der Waals surface area contributed by atoms with Crippen molar-refractivity contribution in [3.8, 4) is 0 Å². The van der Waals surface area contributed by atoms with Crippen molar-refractivity contribution in [2.24, 2.45) is 0 Å². The van der Waals surface area contributed by atoms with E-state index < -0.39 is 5.97 Å². The number of carboxylic acid groups (broad SMARTS) is 1. The number of anilines is 2. The van der Waals surface area contributed by atoms with Crippen molar-refractivity contribution >= 4 is 40.4 Å². The van der Waals surface area contributed by atoms with Gasteiger partial charge in [-0.05, 0) is 73.7 Å². The van der Waals surface area contributed by atoms with Crippen LogP contribution in [0.25, 0.3) is 11.3 Å². The zero-order valence-corrected chi connectivity index (χ0v) is 24.3. The van der Waals surface area contributed by atoms with Gasteiger partial charge in [0.1, 0.15) is 0 Å². The summed E-state index contributed by atoms with van der Waals surface area (Å²) >= 11 is 0. The van der Waals surface area contributed by atoms with Crippen LogP contribution in [0.1, 0.15) is 56.7 Å². The van der Waals surface area contributed by atoms with Crippen molar-refractivity contribution < 1.29 is 29.1 Å². The van der Waals surface area contributed by atoms with E-state index in [1.54, 1.807) is 44.4 Å². The SMILES string of the molecule is COC1CCN(CCCONC(=O)c2ccc(N/C(=C3\C(=O)Nc4cc(C(=O)O)c(C)cc43)c3ccccc3)cc2)CC1. The minimum atomic E-state index is -1.05. The second-order valence-corrected chi connectivity index (χ2v) is 10.7. The van der Waals surface area contributed by atoms with Gasteiger partial charge in [-0.3, -0.25) is 14.4 Å². The van der Waals surface area contributed by atoms with Crippen LogP contribution in [0.4, 0.5) is 11.4 Å². The van der Waals surface area contributed by atoms with Gasteiger partial charge in [-0.2, -0.15) is 0 Å². The van der Waals surface area contributed by atoms with Crippen LogP contribution in [0.3, 0.4) is 0 Å². The number of hydroxylamine groups is 1. The lowest BCUT2D eigenvalue weighted by Gasteiger charge is -2.30. The lowest BCUT2D eigenvalue weighted by molar-refractivity contribution is -0.110. The lowest BCUT2D eigenvalue weighted by Crippen LogP contribution is -2.37. The summed E-state index contributed by atoms with van der Waals surface area (Å²) in [5.74, 6) is -1.74. The van der Waals surface area contributed by atoms with Gasteiger partial charge in [0.2, 0.25) is 0 Å². The highest BCUT2D eigenvalue weighted by Crippen LogP contribution is 2.39.